The fourth-order valence-electron chi connectivity index (χ4n) is 4.29. The van der Waals surface area contributed by atoms with Crippen LogP contribution in [0.25, 0.3) is 11.0 Å². The monoisotopic (exact) mass is 370 g/mol. The zero-order chi connectivity index (χ0) is 18.6. The smallest absolute Gasteiger partial charge is 0.242 e. The number of likely N-dealkylation sites (tertiary alicyclic amines) is 1. The van der Waals surface area contributed by atoms with Crippen LogP contribution in [0.1, 0.15) is 25.1 Å². The molecule has 1 aromatic heterocycles. The molecule has 0 spiro atoms. The van der Waals surface area contributed by atoms with Crippen LogP contribution >= 0.6 is 0 Å². The molecule has 1 amide bonds. The van der Waals surface area contributed by atoms with E-state index in [-0.39, 0.29) is 5.91 Å². The van der Waals surface area contributed by atoms with E-state index in [1.165, 1.54) is 13.0 Å². The third-order valence-corrected chi connectivity index (χ3v) is 6.06. The van der Waals surface area contributed by atoms with Gasteiger partial charge in [-0.3, -0.25) is 9.69 Å². The molecule has 2 aliphatic heterocycles. The second kappa shape index (κ2) is 8.40. The zero-order valence-corrected chi connectivity index (χ0v) is 16.3. The van der Waals surface area contributed by atoms with Gasteiger partial charge in [-0.2, -0.15) is 0 Å². The number of rotatable bonds is 5. The normalized spacial score (nSPS) is 19.7. The molecular weight excluding hydrogens is 340 g/mol. The lowest BCUT2D eigenvalue weighted by Crippen LogP contribution is -2.42. The van der Waals surface area contributed by atoms with E-state index in [1.807, 2.05) is 40.7 Å². The minimum atomic E-state index is 0.216. The summed E-state index contributed by atoms with van der Waals surface area (Å²) in [6.07, 6.45) is 3.49. The van der Waals surface area contributed by atoms with E-state index >= 15 is 0 Å². The van der Waals surface area contributed by atoms with Crippen molar-refractivity contribution in [2.24, 2.45) is 5.92 Å². The highest BCUT2D eigenvalue weighted by Gasteiger charge is 2.24. The third kappa shape index (κ3) is 4.33. The van der Waals surface area contributed by atoms with Crippen molar-refractivity contribution in [1.82, 2.24) is 19.4 Å². The Hall–Kier alpha value is -1.92. The van der Waals surface area contributed by atoms with Crippen LogP contribution in [-0.2, 0) is 16.1 Å². The van der Waals surface area contributed by atoms with E-state index in [9.17, 15) is 4.79 Å². The fraction of sp³-hybridized carbons (Fsp3) is 0.619. The van der Waals surface area contributed by atoms with Crippen LogP contribution in [0.15, 0.2) is 24.3 Å². The third-order valence-electron chi connectivity index (χ3n) is 6.06. The summed E-state index contributed by atoms with van der Waals surface area (Å²) < 4.78 is 7.46. The predicted octanol–water partition coefficient (Wildman–Crippen LogP) is 2.31. The lowest BCUT2D eigenvalue weighted by Gasteiger charge is -2.34. The van der Waals surface area contributed by atoms with Crippen LogP contribution < -0.4 is 0 Å². The molecule has 6 nitrogen and oxygen atoms in total. The van der Waals surface area contributed by atoms with Crippen molar-refractivity contribution in [2.45, 2.75) is 32.7 Å². The first kappa shape index (κ1) is 18.4. The van der Waals surface area contributed by atoms with Gasteiger partial charge < -0.3 is 14.2 Å². The maximum absolute atomic E-state index is 12.8. The number of ether oxygens (including phenoxy) is 1. The molecule has 2 aromatic rings. The first-order valence-electron chi connectivity index (χ1n) is 10.2. The molecule has 4 rings (SSSR count). The molecular formula is C21H30N4O2. The van der Waals surface area contributed by atoms with Gasteiger partial charge in [0.15, 0.2) is 0 Å². The van der Waals surface area contributed by atoms with Crippen molar-refractivity contribution in [3.05, 3.63) is 30.1 Å². The Morgan fingerprint density at radius 3 is 2.67 bits per heavy atom. The van der Waals surface area contributed by atoms with Crippen LogP contribution in [0, 0.1) is 12.8 Å². The molecule has 0 bridgehead atoms. The van der Waals surface area contributed by atoms with E-state index in [0.717, 1.165) is 75.0 Å². The molecule has 2 fully saturated rings. The minimum Gasteiger partial charge on any atom is -0.379 e. The number of nitrogens with zero attached hydrogens (tertiary/aromatic N) is 4. The summed E-state index contributed by atoms with van der Waals surface area (Å²) in [7, 11) is 0. The van der Waals surface area contributed by atoms with Gasteiger partial charge in [0.2, 0.25) is 5.91 Å². The lowest BCUT2D eigenvalue weighted by atomic mass is 9.93. The maximum Gasteiger partial charge on any atom is 0.242 e. The second-order valence-electron chi connectivity index (χ2n) is 7.80. The summed E-state index contributed by atoms with van der Waals surface area (Å²) in [5, 5.41) is 0. The van der Waals surface area contributed by atoms with Crippen molar-refractivity contribution in [1.29, 1.82) is 0 Å². The van der Waals surface area contributed by atoms with Gasteiger partial charge in [-0.05, 0) is 50.8 Å². The number of para-hydroxylation sites is 2. The molecule has 146 valence electrons. The van der Waals surface area contributed by atoms with Gasteiger partial charge in [-0.15, -0.1) is 0 Å². The summed E-state index contributed by atoms with van der Waals surface area (Å²) in [6.45, 7) is 9.18. The largest absolute Gasteiger partial charge is 0.379 e. The summed E-state index contributed by atoms with van der Waals surface area (Å²) in [5.41, 5.74) is 2.01. The van der Waals surface area contributed by atoms with Gasteiger partial charge in [0.25, 0.3) is 0 Å². The molecule has 0 saturated carbocycles. The van der Waals surface area contributed by atoms with Crippen LogP contribution in [0.2, 0.25) is 0 Å². The Kier molecular flexibility index (Phi) is 5.74. The van der Waals surface area contributed by atoms with Gasteiger partial charge in [0.1, 0.15) is 12.4 Å². The molecule has 3 heterocycles. The molecule has 0 N–H and O–H groups in total. The number of aryl methyl sites for hydroxylation is 1. The first-order chi connectivity index (χ1) is 13.2. The molecule has 0 atom stereocenters. The van der Waals surface area contributed by atoms with E-state index in [4.69, 9.17) is 4.74 Å². The zero-order valence-electron chi connectivity index (χ0n) is 16.3. The molecule has 2 aliphatic rings. The molecule has 27 heavy (non-hydrogen) atoms. The highest BCUT2D eigenvalue weighted by Crippen LogP contribution is 2.22. The molecule has 6 heteroatoms. The Balaban J connectivity index is 1.27. The van der Waals surface area contributed by atoms with E-state index < -0.39 is 0 Å². The SMILES string of the molecule is Cc1nc2ccccc2n1CC(=O)N1CCC(CCN2CCOCC2)CC1. The number of benzene rings is 1. The van der Waals surface area contributed by atoms with Crippen molar-refractivity contribution in [3.63, 3.8) is 0 Å². The standard InChI is InChI=1S/C21H30N4O2/c1-17-22-19-4-2-3-5-20(19)25(17)16-21(26)24-10-7-18(8-11-24)6-9-23-12-14-27-15-13-23/h2-5,18H,6-16H2,1H3. The molecule has 1 aromatic carbocycles. The van der Waals surface area contributed by atoms with Gasteiger partial charge in [-0.1, -0.05) is 12.1 Å². The average molecular weight is 370 g/mol. The Morgan fingerprint density at radius 2 is 1.89 bits per heavy atom. The number of amides is 1. The number of fused-ring (bicyclic) bond motifs is 1. The quantitative estimate of drug-likeness (QED) is 0.810. The number of hydrogen-bond acceptors (Lipinski definition) is 4. The summed E-state index contributed by atoms with van der Waals surface area (Å²) in [6, 6.07) is 8.04. The van der Waals surface area contributed by atoms with Crippen molar-refractivity contribution >= 4 is 16.9 Å². The van der Waals surface area contributed by atoms with Gasteiger partial charge in [-0.25, -0.2) is 4.98 Å². The number of aromatic nitrogens is 2. The predicted molar refractivity (Wildman–Crippen MR) is 106 cm³/mol. The Bertz CT molecular complexity index is 774. The van der Waals surface area contributed by atoms with Crippen molar-refractivity contribution in [2.75, 3.05) is 45.9 Å². The van der Waals surface area contributed by atoms with Crippen molar-refractivity contribution < 1.29 is 9.53 Å². The lowest BCUT2D eigenvalue weighted by molar-refractivity contribution is -0.133. The van der Waals surface area contributed by atoms with Crippen LogP contribution in [0.3, 0.4) is 0 Å². The van der Waals surface area contributed by atoms with Gasteiger partial charge in [0, 0.05) is 26.2 Å². The first-order valence-corrected chi connectivity index (χ1v) is 10.2. The number of imidazole rings is 1. The molecule has 0 unspecified atom stereocenters. The second-order valence-corrected chi connectivity index (χ2v) is 7.80. The number of carbonyl (C=O) groups is 1. The van der Waals surface area contributed by atoms with Gasteiger partial charge >= 0.3 is 0 Å². The topological polar surface area (TPSA) is 50.6 Å². The van der Waals surface area contributed by atoms with Crippen LogP contribution in [0.4, 0.5) is 0 Å². The average Bonchev–Trinajstić information content (AvgIpc) is 3.03. The van der Waals surface area contributed by atoms with E-state index in [0.29, 0.717) is 6.54 Å². The molecule has 0 aliphatic carbocycles. The number of hydrogen-bond donors (Lipinski definition) is 0. The van der Waals surface area contributed by atoms with E-state index in [2.05, 4.69) is 9.88 Å². The summed E-state index contributed by atoms with van der Waals surface area (Å²) in [4.78, 5) is 21.9. The maximum atomic E-state index is 12.8. The van der Waals surface area contributed by atoms with Gasteiger partial charge in [0.05, 0.1) is 24.2 Å². The van der Waals surface area contributed by atoms with Crippen LogP contribution in [0.5, 0.6) is 0 Å². The number of piperidine rings is 1. The molecule has 0 radical (unpaired) electrons. The van der Waals surface area contributed by atoms with E-state index in [1.54, 1.807) is 0 Å². The van der Waals surface area contributed by atoms with Crippen molar-refractivity contribution in [3.8, 4) is 0 Å². The Morgan fingerprint density at radius 1 is 1.15 bits per heavy atom. The minimum absolute atomic E-state index is 0.216. The molecule has 2 saturated heterocycles. The Labute approximate surface area is 161 Å². The highest BCUT2D eigenvalue weighted by molar-refractivity contribution is 5.81. The number of morpholine rings is 1. The van der Waals surface area contributed by atoms with Crippen LogP contribution in [-0.4, -0.2) is 71.2 Å². The summed E-state index contributed by atoms with van der Waals surface area (Å²) >= 11 is 0. The highest BCUT2D eigenvalue weighted by atomic mass is 16.5. The number of carbonyl (C=O) groups excluding carboxylic acids is 1. The summed E-state index contributed by atoms with van der Waals surface area (Å²) in [5.74, 6) is 1.87. The fourth-order valence-corrected chi connectivity index (χ4v) is 4.29.